The van der Waals surface area contributed by atoms with Gasteiger partial charge in [0.15, 0.2) is 0 Å². The maximum absolute atomic E-state index is 14.7. The number of para-hydroxylation sites is 3. The number of nitrogens with one attached hydrogen (secondary N) is 1. The summed E-state index contributed by atoms with van der Waals surface area (Å²) in [5.74, 6) is -2.43. The van der Waals surface area contributed by atoms with E-state index in [4.69, 9.17) is 5.73 Å². The third-order valence-corrected chi connectivity index (χ3v) is 8.76. The van der Waals surface area contributed by atoms with E-state index in [1.807, 2.05) is 80.6 Å². The SMILES string of the molecule is C=CC[C@H](C(N)=O)[C@@H](CC(C)C)C(=O)NC1CN(c2ccccc2)c2ccccc2N(Cc2cccc(-c3ccc(C)cc3)c2)C1=O. The van der Waals surface area contributed by atoms with Gasteiger partial charge in [0.2, 0.25) is 11.8 Å². The molecule has 0 saturated carbocycles. The van der Waals surface area contributed by atoms with E-state index in [9.17, 15) is 14.4 Å². The third kappa shape index (κ3) is 7.80. The predicted molar refractivity (Wildman–Crippen MR) is 190 cm³/mol. The Bertz CT molecular complexity index is 1720. The molecule has 0 aromatic heterocycles. The van der Waals surface area contributed by atoms with Crippen LogP contribution in [0.1, 0.15) is 37.8 Å². The van der Waals surface area contributed by atoms with Crippen LogP contribution in [0, 0.1) is 24.7 Å². The number of hydrogen-bond acceptors (Lipinski definition) is 4. The number of aryl methyl sites for hydroxylation is 1. The Hall–Kier alpha value is -5.17. The number of anilines is 3. The second kappa shape index (κ2) is 14.9. The van der Waals surface area contributed by atoms with Crippen molar-refractivity contribution >= 4 is 34.8 Å². The lowest BCUT2D eigenvalue weighted by atomic mass is 9.82. The van der Waals surface area contributed by atoms with E-state index in [1.54, 1.807) is 11.0 Å². The number of nitrogens with two attached hydrogens (primary N) is 1. The van der Waals surface area contributed by atoms with Crippen molar-refractivity contribution in [1.29, 1.82) is 0 Å². The van der Waals surface area contributed by atoms with Crippen molar-refractivity contribution in [2.24, 2.45) is 23.5 Å². The van der Waals surface area contributed by atoms with Crippen molar-refractivity contribution in [2.45, 2.75) is 46.2 Å². The quantitative estimate of drug-likeness (QED) is 0.163. The van der Waals surface area contributed by atoms with Gasteiger partial charge in [-0.2, -0.15) is 0 Å². The van der Waals surface area contributed by atoms with Gasteiger partial charge in [-0.3, -0.25) is 14.4 Å². The van der Waals surface area contributed by atoms with E-state index in [2.05, 4.69) is 60.1 Å². The molecule has 0 spiro atoms. The minimum atomic E-state index is -0.901. The van der Waals surface area contributed by atoms with Gasteiger partial charge >= 0.3 is 0 Å². The Morgan fingerprint density at radius 3 is 2.23 bits per heavy atom. The molecule has 4 aromatic rings. The molecule has 47 heavy (non-hydrogen) atoms. The van der Waals surface area contributed by atoms with Crippen molar-refractivity contribution in [1.82, 2.24) is 5.32 Å². The molecule has 3 amide bonds. The van der Waals surface area contributed by atoms with Crippen LogP contribution in [0.4, 0.5) is 17.1 Å². The van der Waals surface area contributed by atoms with Gasteiger partial charge in [0, 0.05) is 5.69 Å². The van der Waals surface area contributed by atoms with Gasteiger partial charge in [-0.1, -0.05) is 98.3 Å². The Kier molecular flexibility index (Phi) is 10.6. The molecule has 0 saturated heterocycles. The number of allylic oxidation sites excluding steroid dienone is 1. The summed E-state index contributed by atoms with van der Waals surface area (Å²) in [4.78, 5) is 45.1. The van der Waals surface area contributed by atoms with Gasteiger partial charge in [0.1, 0.15) is 6.04 Å². The maximum atomic E-state index is 14.7. The number of carbonyl (C=O) groups is 3. The second-order valence-electron chi connectivity index (χ2n) is 12.8. The number of fused-ring (bicyclic) bond motifs is 1. The highest BCUT2D eigenvalue weighted by Crippen LogP contribution is 2.38. The average molecular weight is 629 g/mol. The zero-order chi connectivity index (χ0) is 33.5. The van der Waals surface area contributed by atoms with Gasteiger partial charge in [-0.15, -0.1) is 6.58 Å². The second-order valence-corrected chi connectivity index (χ2v) is 12.8. The molecule has 3 N–H and O–H groups in total. The van der Waals surface area contributed by atoms with Crippen LogP contribution in [0.25, 0.3) is 11.1 Å². The van der Waals surface area contributed by atoms with Crippen molar-refractivity contribution in [3.63, 3.8) is 0 Å². The summed E-state index contributed by atoms with van der Waals surface area (Å²) in [5.41, 5.74) is 12.6. The first kappa shape index (κ1) is 33.2. The normalized spacial score (nSPS) is 15.8. The highest BCUT2D eigenvalue weighted by molar-refractivity contribution is 6.04. The number of nitrogens with zero attached hydrogens (tertiary/aromatic N) is 2. The number of primary amides is 1. The molecule has 3 atom stereocenters. The van der Waals surface area contributed by atoms with E-state index in [-0.39, 0.29) is 30.7 Å². The van der Waals surface area contributed by atoms with Crippen LogP contribution < -0.4 is 20.9 Å². The summed E-state index contributed by atoms with van der Waals surface area (Å²) in [7, 11) is 0. The Labute approximate surface area is 278 Å². The third-order valence-electron chi connectivity index (χ3n) is 8.76. The molecule has 0 aliphatic carbocycles. The summed E-state index contributed by atoms with van der Waals surface area (Å²) < 4.78 is 0. The Morgan fingerprint density at radius 2 is 1.57 bits per heavy atom. The first-order valence-corrected chi connectivity index (χ1v) is 16.3. The molecule has 1 heterocycles. The number of benzene rings is 4. The highest BCUT2D eigenvalue weighted by atomic mass is 16.2. The van der Waals surface area contributed by atoms with Crippen LogP contribution >= 0.6 is 0 Å². The van der Waals surface area contributed by atoms with Crippen LogP contribution in [0.3, 0.4) is 0 Å². The Balaban J connectivity index is 1.55. The zero-order valence-corrected chi connectivity index (χ0v) is 27.4. The predicted octanol–water partition coefficient (Wildman–Crippen LogP) is 7.17. The molecule has 242 valence electrons. The first-order chi connectivity index (χ1) is 22.7. The molecule has 0 radical (unpaired) electrons. The van der Waals surface area contributed by atoms with Gasteiger partial charge in [-0.25, -0.2) is 0 Å². The van der Waals surface area contributed by atoms with Crippen molar-refractivity contribution < 1.29 is 14.4 Å². The molecule has 1 unspecified atom stereocenters. The molecule has 1 aliphatic rings. The van der Waals surface area contributed by atoms with Crippen molar-refractivity contribution in [3.8, 4) is 11.1 Å². The molecule has 5 rings (SSSR count). The molecule has 0 bridgehead atoms. The van der Waals surface area contributed by atoms with Crippen LogP contribution in [-0.4, -0.2) is 30.3 Å². The van der Waals surface area contributed by atoms with Crippen LogP contribution in [0.5, 0.6) is 0 Å². The molecule has 7 nitrogen and oxygen atoms in total. The highest BCUT2D eigenvalue weighted by Gasteiger charge is 2.39. The molecule has 0 fully saturated rings. The molecular weight excluding hydrogens is 584 g/mol. The van der Waals surface area contributed by atoms with E-state index in [0.29, 0.717) is 13.0 Å². The number of carbonyl (C=O) groups excluding carboxylic acids is 3. The van der Waals surface area contributed by atoms with Crippen molar-refractivity contribution in [3.05, 3.63) is 127 Å². The molecule has 4 aromatic carbocycles. The molecule has 7 heteroatoms. The van der Waals surface area contributed by atoms with E-state index >= 15 is 0 Å². The van der Waals surface area contributed by atoms with Crippen molar-refractivity contribution in [2.75, 3.05) is 16.3 Å². The number of hydrogen-bond donors (Lipinski definition) is 2. The van der Waals surface area contributed by atoms with Gasteiger partial charge in [-0.05, 0) is 72.7 Å². The monoisotopic (exact) mass is 628 g/mol. The minimum Gasteiger partial charge on any atom is -0.369 e. The fourth-order valence-corrected chi connectivity index (χ4v) is 6.39. The smallest absolute Gasteiger partial charge is 0.251 e. The van der Waals surface area contributed by atoms with E-state index in [0.717, 1.165) is 33.8 Å². The average Bonchev–Trinajstić information content (AvgIpc) is 3.17. The fourth-order valence-electron chi connectivity index (χ4n) is 6.39. The molecular formula is C40H44N4O3. The maximum Gasteiger partial charge on any atom is 0.251 e. The lowest BCUT2D eigenvalue weighted by molar-refractivity contribution is -0.135. The first-order valence-electron chi connectivity index (χ1n) is 16.3. The van der Waals surface area contributed by atoms with Gasteiger partial charge < -0.3 is 20.9 Å². The lowest BCUT2D eigenvalue weighted by Gasteiger charge is -2.30. The summed E-state index contributed by atoms with van der Waals surface area (Å²) >= 11 is 0. The van der Waals surface area contributed by atoms with E-state index in [1.165, 1.54) is 5.56 Å². The molecule has 1 aliphatic heterocycles. The zero-order valence-electron chi connectivity index (χ0n) is 27.4. The largest absolute Gasteiger partial charge is 0.369 e. The van der Waals surface area contributed by atoms with Crippen LogP contribution in [0.15, 0.2) is 116 Å². The Morgan fingerprint density at radius 1 is 0.894 bits per heavy atom. The van der Waals surface area contributed by atoms with Gasteiger partial charge in [0.05, 0.1) is 36.3 Å². The summed E-state index contributed by atoms with van der Waals surface area (Å²) in [6.07, 6.45) is 2.35. The number of amides is 3. The van der Waals surface area contributed by atoms with E-state index < -0.39 is 23.8 Å². The summed E-state index contributed by atoms with van der Waals surface area (Å²) in [5, 5.41) is 3.09. The van der Waals surface area contributed by atoms with Gasteiger partial charge in [0.25, 0.3) is 5.91 Å². The summed E-state index contributed by atoms with van der Waals surface area (Å²) in [6.45, 7) is 10.4. The lowest BCUT2D eigenvalue weighted by Crippen LogP contribution is -2.54. The topological polar surface area (TPSA) is 95.7 Å². The minimum absolute atomic E-state index is 0.129. The summed E-state index contributed by atoms with van der Waals surface area (Å²) in [6, 6.07) is 33.4. The number of rotatable bonds is 12. The fraction of sp³-hybridized carbons (Fsp3) is 0.275. The standard InChI is InChI=1S/C40H44N4O3/c1-5-12-33(38(41)45)34(23-27(2)3)39(46)42-35-26-43(32-15-7-6-8-16-32)36-17-9-10-18-37(36)44(40(35)47)25-29-13-11-14-31(24-29)30-21-19-28(4)20-22-30/h5-11,13-22,24,27,33-35H,1,12,23,25-26H2,2-4H3,(H2,41,45)(H,42,46)/t33-,34+,35?/m0/s1. The van der Waals surface area contributed by atoms with Crippen LogP contribution in [-0.2, 0) is 20.9 Å². The van der Waals surface area contributed by atoms with Crippen LogP contribution in [0.2, 0.25) is 0 Å².